The maximum atomic E-state index is 12.7. The molecule has 1 unspecified atom stereocenters. The first-order valence-electron chi connectivity index (χ1n) is 26.2. The molecule has 0 bridgehead atoms. The summed E-state index contributed by atoms with van der Waals surface area (Å²) in [7, 11) is 0. The molecule has 0 heterocycles. The van der Waals surface area contributed by atoms with Gasteiger partial charge in [-0.2, -0.15) is 0 Å². The lowest BCUT2D eigenvalue weighted by Gasteiger charge is -2.18. The zero-order valence-electron chi connectivity index (χ0n) is 41.5. The largest absolute Gasteiger partial charge is 0.462 e. The SMILES string of the molecule is CC/C=C\C/C=C\C/C=C\C/C=C\C/C=C\CC(=O)OC(COC(=O)CCCCC/C=C\C/C=C\C/C=C\CC)COC(=O)CCCCCCCCCCCCCCCCCCCC. The second-order valence-electron chi connectivity index (χ2n) is 17.0. The molecule has 0 amide bonds. The quantitative estimate of drug-likeness (QED) is 0.0262. The number of esters is 3. The summed E-state index contributed by atoms with van der Waals surface area (Å²) in [5.41, 5.74) is 0. The van der Waals surface area contributed by atoms with Crippen LogP contribution in [0.15, 0.2) is 97.2 Å². The molecule has 6 heteroatoms. The second kappa shape index (κ2) is 52.0. The average molecular weight is 889 g/mol. The average Bonchev–Trinajstić information content (AvgIpc) is 3.29. The molecular formula is C58H96O6. The third-order valence-electron chi connectivity index (χ3n) is 10.9. The highest BCUT2D eigenvalue weighted by atomic mass is 16.6. The van der Waals surface area contributed by atoms with Crippen LogP contribution in [0.3, 0.4) is 0 Å². The van der Waals surface area contributed by atoms with E-state index in [1.54, 1.807) is 6.08 Å². The van der Waals surface area contributed by atoms with E-state index in [1.807, 2.05) is 6.08 Å². The highest BCUT2D eigenvalue weighted by Crippen LogP contribution is 2.15. The van der Waals surface area contributed by atoms with E-state index in [9.17, 15) is 14.4 Å². The van der Waals surface area contributed by atoms with Crippen LogP contribution in [-0.2, 0) is 28.6 Å². The van der Waals surface area contributed by atoms with Crippen molar-refractivity contribution in [1.82, 2.24) is 0 Å². The molecule has 0 saturated carbocycles. The van der Waals surface area contributed by atoms with Crippen molar-refractivity contribution in [3.8, 4) is 0 Å². The van der Waals surface area contributed by atoms with E-state index < -0.39 is 12.1 Å². The Balaban J connectivity index is 4.50. The van der Waals surface area contributed by atoms with Crippen molar-refractivity contribution in [2.45, 2.75) is 239 Å². The maximum absolute atomic E-state index is 12.7. The Morgan fingerprint density at radius 3 is 1.03 bits per heavy atom. The van der Waals surface area contributed by atoms with Gasteiger partial charge in [-0.15, -0.1) is 0 Å². The van der Waals surface area contributed by atoms with Crippen LogP contribution in [0.25, 0.3) is 0 Å². The van der Waals surface area contributed by atoms with Gasteiger partial charge in [0.1, 0.15) is 13.2 Å². The van der Waals surface area contributed by atoms with Gasteiger partial charge in [-0.05, 0) is 77.0 Å². The van der Waals surface area contributed by atoms with Gasteiger partial charge in [0.25, 0.3) is 0 Å². The molecule has 364 valence electrons. The Morgan fingerprint density at radius 1 is 0.344 bits per heavy atom. The summed E-state index contributed by atoms with van der Waals surface area (Å²) in [5.74, 6) is -1.09. The topological polar surface area (TPSA) is 78.9 Å². The van der Waals surface area contributed by atoms with E-state index in [1.165, 1.54) is 96.3 Å². The first-order valence-corrected chi connectivity index (χ1v) is 26.2. The number of hydrogen-bond acceptors (Lipinski definition) is 6. The van der Waals surface area contributed by atoms with Crippen LogP contribution in [0.4, 0.5) is 0 Å². The summed E-state index contributed by atoms with van der Waals surface area (Å²) in [6.45, 7) is 6.30. The minimum atomic E-state index is -0.842. The Labute approximate surface area is 394 Å². The van der Waals surface area contributed by atoms with Gasteiger partial charge in [-0.1, -0.05) is 234 Å². The van der Waals surface area contributed by atoms with Gasteiger partial charge in [0.05, 0.1) is 6.42 Å². The highest BCUT2D eigenvalue weighted by molar-refractivity contribution is 5.72. The predicted octanol–water partition coefficient (Wildman–Crippen LogP) is 17.4. The molecule has 0 spiro atoms. The fraction of sp³-hybridized carbons (Fsp3) is 0.672. The number of unbranched alkanes of at least 4 members (excludes halogenated alkanes) is 20. The van der Waals surface area contributed by atoms with Crippen molar-refractivity contribution < 1.29 is 28.6 Å². The van der Waals surface area contributed by atoms with Crippen LogP contribution in [0.1, 0.15) is 233 Å². The molecule has 0 aromatic heterocycles. The van der Waals surface area contributed by atoms with Crippen molar-refractivity contribution in [2.24, 2.45) is 0 Å². The molecular weight excluding hydrogens is 793 g/mol. The van der Waals surface area contributed by atoms with E-state index in [0.29, 0.717) is 19.3 Å². The summed E-state index contributed by atoms with van der Waals surface area (Å²) in [5, 5.41) is 0. The van der Waals surface area contributed by atoms with Crippen molar-refractivity contribution >= 4 is 17.9 Å². The van der Waals surface area contributed by atoms with Crippen LogP contribution < -0.4 is 0 Å². The number of hydrogen-bond donors (Lipinski definition) is 0. The lowest BCUT2D eigenvalue weighted by Crippen LogP contribution is -2.30. The smallest absolute Gasteiger partial charge is 0.310 e. The molecule has 0 aromatic rings. The zero-order valence-corrected chi connectivity index (χ0v) is 41.5. The molecule has 1 atom stereocenters. The third-order valence-corrected chi connectivity index (χ3v) is 10.9. The molecule has 0 aliphatic rings. The Morgan fingerprint density at radius 2 is 0.656 bits per heavy atom. The summed E-state index contributed by atoms with van der Waals surface area (Å²) in [6.07, 6.45) is 68.5. The molecule has 64 heavy (non-hydrogen) atoms. The molecule has 0 saturated heterocycles. The first kappa shape index (κ1) is 60.3. The number of carbonyl (C=O) groups excluding carboxylic acids is 3. The van der Waals surface area contributed by atoms with Crippen LogP contribution in [0.5, 0.6) is 0 Å². The fourth-order valence-electron chi connectivity index (χ4n) is 7.00. The molecule has 0 aliphatic heterocycles. The van der Waals surface area contributed by atoms with Crippen molar-refractivity contribution in [3.63, 3.8) is 0 Å². The monoisotopic (exact) mass is 889 g/mol. The van der Waals surface area contributed by atoms with E-state index in [0.717, 1.165) is 89.9 Å². The lowest BCUT2D eigenvalue weighted by atomic mass is 10.0. The Bertz CT molecular complexity index is 1300. The standard InChI is InChI=1S/C58H96O6/c1-4-7-10-13-16-19-22-25-27-28-29-31-33-36-39-42-45-48-51-57(60)63-54-55(53-62-56(59)50-47-44-41-38-35-32-24-21-18-15-12-9-6-3)64-58(61)52-49-46-43-40-37-34-30-26-23-20-17-14-11-8-5-2/h8-9,11-12,17-18,20-21,26,30,32,35,37,40,46,49,55H,4-7,10,13-16,19,22-25,27-29,31,33-34,36,38-39,41-45,47-48,50-54H2,1-3H3/b11-8-,12-9-,20-17-,21-18-,30-26-,35-32-,40-37-,49-46-. The summed E-state index contributed by atoms with van der Waals surface area (Å²) in [4.78, 5) is 37.9. The molecule has 6 nitrogen and oxygen atoms in total. The van der Waals surface area contributed by atoms with Crippen LogP contribution in [-0.4, -0.2) is 37.2 Å². The molecule has 0 rings (SSSR count). The van der Waals surface area contributed by atoms with Crippen molar-refractivity contribution in [2.75, 3.05) is 13.2 Å². The van der Waals surface area contributed by atoms with Gasteiger partial charge >= 0.3 is 17.9 Å². The summed E-state index contributed by atoms with van der Waals surface area (Å²) >= 11 is 0. The molecule has 0 N–H and O–H groups in total. The van der Waals surface area contributed by atoms with E-state index in [2.05, 4.69) is 106 Å². The fourth-order valence-corrected chi connectivity index (χ4v) is 7.00. The second-order valence-corrected chi connectivity index (χ2v) is 17.0. The maximum Gasteiger partial charge on any atom is 0.310 e. The minimum Gasteiger partial charge on any atom is -0.462 e. The number of carbonyl (C=O) groups is 3. The van der Waals surface area contributed by atoms with E-state index in [4.69, 9.17) is 14.2 Å². The van der Waals surface area contributed by atoms with Crippen molar-refractivity contribution in [3.05, 3.63) is 97.2 Å². The predicted molar refractivity (Wildman–Crippen MR) is 274 cm³/mol. The van der Waals surface area contributed by atoms with Gasteiger partial charge in [-0.25, -0.2) is 0 Å². The third kappa shape index (κ3) is 49.3. The minimum absolute atomic E-state index is 0.0895. The zero-order chi connectivity index (χ0) is 46.5. The molecule has 0 aromatic carbocycles. The molecule has 0 aliphatic carbocycles. The van der Waals surface area contributed by atoms with Gasteiger partial charge in [0.15, 0.2) is 6.10 Å². The number of ether oxygens (including phenoxy) is 3. The van der Waals surface area contributed by atoms with Crippen molar-refractivity contribution in [1.29, 1.82) is 0 Å². The van der Waals surface area contributed by atoms with E-state index >= 15 is 0 Å². The van der Waals surface area contributed by atoms with Crippen LogP contribution in [0.2, 0.25) is 0 Å². The number of rotatable bonds is 46. The number of allylic oxidation sites excluding steroid dienone is 15. The summed E-state index contributed by atoms with van der Waals surface area (Å²) in [6, 6.07) is 0. The first-order chi connectivity index (χ1) is 31.5. The molecule has 0 fully saturated rings. The Kier molecular flexibility index (Phi) is 49.0. The lowest BCUT2D eigenvalue weighted by molar-refractivity contribution is -0.166. The molecule has 0 radical (unpaired) electrons. The van der Waals surface area contributed by atoms with Crippen LogP contribution in [0, 0.1) is 0 Å². The van der Waals surface area contributed by atoms with Crippen LogP contribution >= 0.6 is 0 Å². The highest BCUT2D eigenvalue weighted by Gasteiger charge is 2.19. The normalized spacial score (nSPS) is 12.9. The van der Waals surface area contributed by atoms with Gasteiger partial charge < -0.3 is 14.2 Å². The van der Waals surface area contributed by atoms with E-state index in [-0.39, 0.29) is 31.6 Å². The Hall–Kier alpha value is -3.67. The van der Waals surface area contributed by atoms with Gasteiger partial charge in [0.2, 0.25) is 0 Å². The van der Waals surface area contributed by atoms with Gasteiger partial charge in [0, 0.05) is 12.8 Å². The summed E-state index contributed by atoms with van der Waals surface area (Å²) < 4.78 is 16.7. The van der Waals surface area contributed by atoms with Gasteiger partial charge in [-0.3, -0.25) is 14.4 Å².